The summed E-state index contributed by atoms with van der Waals surface area (Å²) in [7, 11) is 0. The number of nitrogens with zero attached hydrogens (tertiary/aromatic N) is 5. The van der Waals surface area contributed by atoms with Crippen LogP contribution in [0.3, 0.4) is 0 Å². The number of rotatable bonds is 3. The number of carbonyl (C=O) groups is 1. The summed E-state index contributed by atoms with van der Waals surface area (Å²) in [6.45, 7) is 10.1. The molecule has 2 aromatic rings. The first kappa shape index (κ1) is 17.9. The van der Waals surface area contributed by atoms with E-state index < -0.39 is 0 Å². The molecule has 1 saturated heterocycles. The van der Waals surface area contributed by atoms with Crippen molar-refractivity contribution < 1.29 is 4.79 Å². The Balaban J connectivity index is 1.71. The lowest BCUT2D eigenvalue weighted by Crippen LogP contribution is -2.46. The van der Waals surface area contributed by atoms with Gasteiger partial charge in [-0.2, -0.15) is 0 Å². The second-order valence-electron chi connectivity index (χ2n) is 8.24. The molecule has 0 spiro atoms. The van der Waals surface area contributed by atoms with Crippen LogP contribution < -0.4 is 9.80 Å². The Morgan fingerprint density at radius 2 is 2.04 bits per heavy atom. The lowest BCUT2D eigenvalue weighted by atomic mass is 9.80. The van der Waals surface area contributed by atoms with E-state index in [1.807, 2.05) is 44.0 Å². The van der Waals surface area contributed by atoms with Gasteiger partial charge in [0, 0.05) is 42.0 Å². The standard InChI is InChI=1S/C21H27N5O/c1-14(2)26-18(27)12-16-15(3)23-20(24-19(16)26)21(4)9-7-11-25(13-21)17-8-5-6-10-22-17/h5-6,8,10,14H,7,9,11-13H2,1-4H3. The van der Waals surface area contributed by atoms with Crippen LogP contribution in [0.1, 0.15) is 50.7 Å². The molecule has 0 bridgehead atoms. The van der Waals surface area contributed by atoms with E-state index in [0.717, 1.165) is 54.6 Å². The van der Waals surface area contributed by atoms with Gasteiger partial charge in [-0.15, -0.1) is 0 Å². The number of fused-ring (bicyclic) bond motifs is 1. The van der Waals surface area contributed by atoms with Crippen molar-refractivity contribution in [1.29, 1.82) is 0 Å². The van der Waals surface area contributed by atoms with E-state index in [-0.39, 0.29) is 17.4 Å². The fraction of sp³-hybridized carbons (Fsp3) is 0.524. The quantitative estimate of drug-likeness (QED) is 0.837. The SMILES string of the molecule is Cc1nc(C2(C)CCCN(c3ccccn3)C2)nc2c1CC(=O)N2C(C)C. The van der Waals surface area contributed by atoms with Gasteiger partial charge in [-0.25, -0.2) is 15.0 Å². The number of aromatic nitrogens is 3. The van der Waals surface area contributed by atoms with Crippen LogP contribution in [-0.4, -0.2) is 40.0 Å². The maximum absolute atomic E-state index is 12.5. The van der Waals surface area contributed by atoms with E-state index in [4.69, 9.17) is 9.97 Å². The summed E-state index contributed by atoms with van der Waals surface area (Å²) in [5, 5.41) is 0. The summed E-state index contributed by atoms with van der Waals surface area (Å²) in [6.07, 6.45) is 4.35. The van der Waals surface area contributed by atoms with Gasteiger partial charge >= 0.3 is 0 Å². The Kier molecular flexibility index (Phi) is 4.36. The lowest BCUT2D eigenvalue weighted by molar-refractivity contribution is -0.117. The van der Waals surface area contributed by atoms with Crippen molar-refractivity contribution in [1.82, 2.24) is 15.0 Å². The van der Waals surface area contributed by atoms with Crippen LogP contribution in [0.15, 0.2) is 24.4 Å². The summed E-state index contributed by atoms with van der Waals surface area (Å²) in [4.78, 5) is 30.9. The summed E-state index contributed by atoms with van der Waals surface area (Å²) >= 11 is 0. The van der Waals surface area contributed by atoms with Gasteiger partial charge in [-0.3, -0.25) is 9.69 Å². The second kappa shape index (κ2) is 6.59. The number of hydrogen-bond acceptors (Lipinski definition) is 5. The molecule has 1 atom stereocenters. The first-order valence-corrected chi connectivity index (χ1v) is 9.75. The molecule has 2 aliphatic heterocycles. The Labute approximate surface area is 160 Å². The molecular weight excluding hydrogens is 338 g/mol. The summed E-state index contributed by atoms with van der Waals surface area (Å²) in [5.41, 5.74) is 1.75. The number of carbonyl (C=O) groups excluding carboxylic acids is 1. The van der Waals surface area contributed by atoms with Crippen LogP contribution in [0.25, 0.3) is 0 Å². The smallest absolute Gasteiger partial charge is 0.233 e. The van der Waals surface area contributed by atoms with Gasteiger partial charge in [-0.1, -0.05) is 13.0 Å². The topological polar surface area (TPSA) is 62.2 Å². The molecule has 0 aromatic carbocycles. The molecule has 142 valence electrons. The number of anilines is 2. The van der Waals surface area contributed by atoms with Crippen LogP contribution in [0.5, 0.6) is 0 Å². The van der Waals surface area contributed by atoms with Crippen LogP contribution >= 0.6 is 0 Å². The molecule has 2 aromatic heterocycles. The molecule has 27 heavy (non-hydrogen) atoms. The first-order valence-electron chi connectivity index (χ1n) is 9.75. The molecule has 4 heterocycles. The van der Waals surface area contributed by atoms with E-state index in [1.165, 1.54) is 0 Å². The monoisotopic (exact) mass is 365 g/mol. The molecule has 1 amide bonds. The normalized spacial score (nSPS) is 22.5. The van der Waals surface area contributed by atoms with E-state index >= 15 is 0 Å². The third-order valence-corrected chi connectivity index (χ3v) is 5.74. The second-order valence-corrected chi connectivity index (χ2v) is 8.24. The van der Waals surface area contributed by atoms with Crippen molar-refractivity contribution in [3.8, 4) is 0 Å². The molecule has 1 fully saturated rings. The summed E-state index contributed by atoms with van der Waals surface area (Å²) in [5.74, 6) is 2.78. The fourth-order valence-corrected chi connectivity index (χ4v) is 4.30. The molecule has 6 heteroatoms. The highest BCUT2D eigenvalue weighted by Crippen LogP contribution is 2.37. The average Bonchev–Trinajstić information content (AvgIpc) is 2.99. The highest BCUT2D eigenvalue weighted by Gasteiger charge is 2.39. The zero-order chi connectivity index (χ0) is 19.2. The van der Waals surface area contributed by atoms with E-state index in [0.29, 0.717) is 6.42 Å². The number of aryl methyl sites for hydroxylation is 1. The van der Waals surface area contributed by atoms with Gasteiger partial charge in [-0.05, 0) is 45.7 Å². The Hall–Kier alpha value is -2.50. The summed E-state index contributed by atoms with van der Waals surface area (Å²) in [6, 6.07) is 6.12. The number of amides is 1. The molecule has 1 unspecified atom stereocenters. The van der Waals surface area contributed by atoms with Crippen molar-refractivity contribution in [2.45, 2.75) is 58.4 Å². The largest absolute Gasteiger partial charge is 0.356 e. The van der Waals surface area contributed by atoms with Gasteiger partial charge in [0.15, 0.2) is 0 Å². The molecule has 0 radical (unpaired) electrons. The Morgan fingerprint density at radius 1 is 1.22 bits per heavy atom. The van der Waals surface area contributed by atoms with Crippen LogP contribution in [0.2, 0.25) is 0 Å². The molecule has 4 rings (SSSR count). The van der Waals surface area contributed by atoms with Gasteiger partial charge in [0.2, 0.25) is 5.91 Å². The van der Waals surface area contributed by atoms with Gasteiger partial charge < -0.3 is 4.90 Å². The van der Waals surface area contributed by atoms with Gasteiger partial charge in [0.05, 0.1) is 6.42 Å². The van der Waals surface area contributed by atoms with Crippen LogP contribution in [0.4, 0.5) is 11.6 Å². The Morgan fingerprint density at radius 3 is 2.74 bits per heavy atom. The maximum Gasteiger partial charge on any atom is 0.233 e. The molecule has 0 saturated carbocycles. The van der Waals surface area contributed by atoms with Crippen LogP contribution in [-0.2, 0) is 16.6 Å². The van der Waals surface area contributed by atoms with Crippen molar-refractivity contribution >= 4 is 17.5 Å². The van der Waals surface area contributed by atoms with Gasteiger partial charge in [0.1, 0.15) is 17.5 Å². The van der Waals surface area contributed by atoms with E-state index in [2.05, 4.69) is 22.9 Å². The molecule has 6 nitrogen and oxygen atoms in total. The molecular formula is C21H27N5O. The summed E-state index contributed by atoms with van der Waals surface area (Å²) < 4.78 is 0. The minimum Gasteiger partial charge on any atom is -0.356 e. The Bertz CT molecular complexity index is 866. The van der Waals surface area contributed by atoms with Crippen molar-refractivity contribution in [2.24, 2.45) is 0 Å². The lowest BCUT2D eigenvalue weighted by Gasteiger charge is -2.40. The molecule has 0 N–H and O–H groups in total. The zero-order valence-electron chi connectivity index (χ0n) is 16.6. The number of piperidine rings is 1. The predicted molar refractivity (Wildman–Crippen MR) is 106 cm³/mol. The molecule has 0 aliphatic carbocycles. The van der Waals surface area contributed by atoms with Crippen molar-refractivity contribution in [3.63, 3.8) is 0 Å². The number of hydrogen-bond donors (Lipinski definition) is 0. The van der Waals surface area contributed by atoms with Crippen LogP contribution in [0, 0.1) is 6.92 Å². The number of pyridine rings is 1. The maximum atomic E-state index is 12.5. The minimum absolute atomic E-state index is 0.102. The molecule has 2 aliphatic rings. The highest BCUT2D eigenvalue weighted by atomic mass is 16.2. The first-order chi connectivity index (χ1) is 12.9. The average molecular weight is 365 g/mol. The third-order valence-electron chi connectivity index (χ3n) is 5.74. The van der Waals surface area contributed by atoms with Crippen molar-refractivity contribution in [3.05, 3.63) is 41.5 Å². The fourth-order valence-electron chi connectivity index (χ4n) is 4.30. The van der Waals surface area contributed by atoms with Gasteiger partial charge in [0.25, 0.3) is 0 Å². The van der Waals surface area contributed by atoms with E-state index in [9.17, 15) is 4.79 Å². The third kappa shape index (κ3) is 3.07. The highest BCUT2D eigenvalue weighted by molar-refractivity contribution is 6.00. The minimum atomic E-state index is -0.163. The van der Waals surface area contributed by atoms with Crippen molar-refractivity contribution in [2.75, 3.05) is 22.9 Å². The van der Waals surface area contributed by atoms with E-state index in [1.54, 1.807) is 0 Å². The predicted octanol–water partition coefficient (Wildman–Crippen LogP) is 3.04. The zero-order valence-corrected chi connectivity index (χ0v) is 16.6.